The zero-order chi connectivity index (χ0) is 19.1. The number of hydrogen-bond donors (Lipinski definition) is 2. The topological polar surface area (TPSA) is 114 Å². The molecule has 0 aliphatic carbocycles. The maximum atomic E-state index is 12.5. The van der Waals surface area contributed by atoms with Gasteiger partial charge in [0.05, 0.1) is 23.2 Å². The third kappa shape index (κ3) is 2.63. The van der Waals surface area contributed by atoms with E-state index in [1.807, 2.05) is 0 Å². The van der Waals surface area contributed by atoms with Crippen LogP contribution in [0.3, 0.4) is 0 Å². The lowest BCUT2D eigenvalue weighted by atomic mass is 9.96. The zero-order valence-electron chi connectivity index (χ0n) is 14.1. The predicted octanol–water partition coefficient (Wildman–Crippen LogP) is 2.65. The number of nitro groups is 1. The minimum Gasteiger partial charge on any atom is -0.497 e. The van der Waals surface area contributed by atoms with Gasteiger partial charge < -0.3 is 9.72 Å². The maximum absolute atomic E-state index is 12.5. The van der Waals surface area contributed by atoms with Crippen LogP contribution in [-0.4, -0.2) is 28.8 Å². The number of ether oxygens (including phenoxy) is 1. The van der Waals surface area contributed by atoms with Crippen molar-refractivity contribution in [2.45, 2.75) is 0 Å². The lowest BCUT2D eigenvalue weighted by Crippen LogP contribution is -2.22. The Morgan fingerprint density at radius 1 is 1.00 bits per heavy atom. The van der Waals surface area contributed by atoms with E-state index in [1.54, 1.807) is 36.5 Å². The summed E-state index contributed by atoms with van der Waals surface area (Å²) in [6.45, 7) is 0. The third-order valence-corrected chi connectivity index (χ3v) is 4.46. The van der Waals surface area contributed by atoms with Crippen LogP contribution in [0.1, 0.15) is 11.1 Å². The molecular weight excluding hydrogens is 350 g/mol. The Labute approximate surface area is 152 Å². The van der Waals surface area contributed by atoms with Crippen LogP contribution in [0.15, 0.2) is 48.7 Å². The Balaban J connectivity index is 1.95. The number of amides is 2. The summed E-state index contributed by atoms with van der Waals surface area (Å²) in [4.78, 5) is 38.5. The summed E-state index contributed by atoms with van der Waals surface area (Å²) in [5.41, 5.74) is 1.91. The summed E-state index contributed by atoms with van der Waals surface area (Å²) in [7, 11) is 1.53. The van der Waals surface area contributed by atoms with Crippen molar-refractivity contribution in [1.29, 1.82) is 0 Å². The number of carbonyl (C=O) groups is 2. The van der Waals surface area contributed by atoms with Crippen LogP contribution in [0.25, 0.3) is 22.0 Å². The van der Waals surface area contributed by atoms with Gasteiger partial charge in [-0.25, -0.2) is 0 Å². The second-order valence-corrected chi connectivity index (χ2v) is 5.95. The van der Waals surface area contributed by atoms with Gasteiger partial charge in [0.2, 0.25) is 0 Å². The molecule has 0 spiro atoms. The van der Waals surface area contributed by atoms with E-state index < -0.39 is 16.7 Å². The lowest BCUT2D eigenvalue weighted by Gasteiger charge is -2.05. The Morgan fingerprint density at radius 2 is 1.70 bits per heavy atom. The first-order chi connectivity index (χ1) is 13.0. The summed E-state index contributed by atoms with van der Waals surface area (Å²) < 4.78 is 5.12. The molecule has 2 aromatic carbocycles. The number of aromatic amines is 1. The van der Waals surface area contributed by atoms with Crippen molar-refractivity contribution < 1.29 is 19.2 Å². The first-order valence-electron chi connectivity index (χ1n) is 8.00. The molecule has 0 atom stereocenters. The number of carbonyl (C=O) groups excluding carboxylic acids is 2. The molecular formula is C19H13N3O5. The van der Waals surface area contributed by atoms with Crippen molar-refractivity contribution in [2.75, 3.05) is 7.11 Å². The van der Waals surface area contributed by atoms with Crippen molar-refractivity contribution in [1.82, 2.24) is 10.3 Å². The van der Waals surface area contributed by atoms with E-state index in [0.29, 0.717) is 27.8 Å². The number of hydrogen-bond acceptors (Lipinski definition) is 5. The maximum Gasteiger partial charge on any atom is 0.270 e. The molecule has 0 bridgehead atoms. The van der Waals surface area contributed by atoms with E-state index in [9.17, 15) is 19.7 Å². The Hall–Kier alpha value is -3.94. The quantitative estimate of drug-likeness (QED) is 0.420. The summed E-state index contributed by atoms with van der Waals surface area (Å²) >= 11 is 0. The molecule has 2 heterocycles. The first kappa shape index (κ1) is 16.5. The number of fused-ring (bicyclic) bond motifs is 1. The molecule has 1 aliphatic rings. The van der Waals surface area contributed by atoms with Gasteiger partial charge in [-0.1, -0.05) is 12.1 Å². The normalized spacial score (nSPS) is 14.0. The van der Waals surface area contributed by atoms with E-state index in [2.05, 4.69) is 10.3 Å². The fourth-order valence-corrected chi connectivity index (χ4v) is 3.17. The van der Waals surface area contributed by atoms with E-state index >= 15 is 0 Å². The molecule has 0 fully saturated rings. The average molecular weight is 363 g/mol. The van der Waals surface area contributed by atoms with Crippen LogP contribution in [0.4, 0.5) is 5.69 Å². The fourth-order valence-electron chi connectivity index (χ4n) is 3.17. The number of nitrogens with zero attached hydrogens (tertiary/aromatic N) is 1. The monoisotopic (exact) mass is 363 g/mol. The van der Waals surface area contributed by atoms with E-state index in [-0.39, 0.29) is 16.8 Å². The molecule has 0 unspecified atom stereocenters. The van der Waals surface area contributed by atoms with Crippen LogP contribution < -0.4 is 10.1 Å². The van der Waals surface area contributed by atoms with Crippen LogP contribution >= 0.6 is 0 Å². The third-order valence-electron chi connectivity index (χ3n) is 4.46. The standard InChI is InChI=1S/C19H13N3O5/c1-27-12-5-2-10(3-6-12)16-17(19(24)21-18(16)23)14-9-20-15-7-4-11(22(25)26)8-13(14)15/h2-9,20H,1H3,(H,21,23,24). The molecule has 0 radical (unpaired) electrons. The van der Waals surface area contributed by atoms with Crippen molar-refractivity contribution in [3.05, 3.63) is 69.9 Å². The highest BCUT2D eigenvalue weighted by Crippen LogP contribution is 2.36. The molecule has 1 aromatic heterocycles. The summed E-state index contributed by atoms with van der Waals surface area (Å²) in [5, 5.41) is 13.9. The van der Waals surface area contributed by atoms with Crippen LogP contribution in [0, 0.1) is 10.1 Å². The molecule has 8 heteroatoms. The highest BCUT2D eigenvalue weighted by molar-refractivity contribution is 6.50. The van der Waals surface area contributed by atoms with E-state index in [0.717, 1.165) is 0 Å². The molecule has 2 N–H and O–H groups in total. The predicted molar refractivity (Wildman–Crippen MR) is 97.9 cm³/mol. The molecule has 0 saturated heterocycles. The number of aromatic nitrogens is 1. The molecule has 1 aliphatic heterocycles. The SMILES string of the molecule is COc1ccc(C2=C(c3c[nH]c4ccc([N+](=O)[O-])cc34)C(=O)NC2=O)cc1. The fraction of sp³-hybridized carbons (Fsp3) is 0.0526. The van der Waals surface area contributed by atoms with Gasteiger partial charge in [-0.3, -0.25) is 25.0 Å². The minimum atomic E-state index is -0.543. The number of methoxy groups -OCH3 is 1. The second-order valence-electron chi connectivity index (χ2n) is 5.95. The summed E-state index contributed by atoms with van der Waals surface area (Å²) in [6, 6.07) is 11.1. The molecule has 2 amide bonds. The number of non-ortho nitro benzene ring substituents is 1. The number of nitrogens with one attached hydrogen (secondary N) is 2. The summed E-state index contributed by atoms with van der Waals surface area (Å²) in [5.74, 6) is -0.438. The van der Waals surface area contributed by atoms with Crippen molar-refractivity contribution in [3.8, 4) is 5.75 Å². The Bertz CT molecular complexity index is 1140. The molecule has 27 heavy (non-hydrogen) atoms. The number of nitro benzene ring substituents is 1. The number of imide groups is 1. The van der Waals surface area contributed by atoms with Gasteiger partial charge in [-0.2, -0.15) is 0 Å². The van der Waals surface area contributed by atoms with Gasteiger partial charge in [-0.15, -0.1) is 0 Å². The molecule has 134 valence electrons. The van der Waals surface area contributed by atoms with Crippen LogP contribution in [0.5, 0.6) is 5.75 Å². The van der Waals surface area contributed by atoms with Gasteiger partial charge >= 0.3 is 0 Å². The molecule has 4 rings (SSSR count). The van der Waals surface area contributed by atoms with E-state index in [4.69, 9.17) is 4.74 Å². The molecule has 3 aromatic rings. The Morgan fingerprint density at radius 3 is 2.37 bits per heavy atom. The lowest BCUT2D eigenvalue weighted by molar-refractivity contribution is -0.384. The number of rotatable bonds is 4. The van der Waals surface area contributed by atoms with E-state index in [1.165, 1.54) is 19.2 Å². The smallest absolute Gasteiger partial charge is 0.270 e. The Kier molecular flexibility index (Phi) is 3.73. The van der Waals surface area contributed by atoms with Gasteiger partial charge in [0.15, 0.2) is 0 Å². The number of H-pyrrole nitrogens is 1. The molecule has 0 saturated carbocycles. The largest absolute Gasteiger partial charge is 0.497 e. The second kappa shape index (κ2) is 6.10. The summed E-state index contributed by atoms with van der Waals surface area (Å²) in [6.07, 6.45) is 1.57. The van der Waals surface area contributed by atoms with Crippen LogP contribution in [-0.2, 0) is 9.59 Å². The zero-order valence-corrected chi connectivity index (χ0v) is 14.1. The van der Waals surface area contributed by atoms with Crippen LogP contribution in [0.2, 0.25) is 0 Å². The highest BCUT2D eigenvalue weighted by atomic mass is 16.6. The number of benzene rings is 2. The van der Waals surface area contributed by atoms with Crippen molar-refractivity contribution in [3.63, 3.8) is 0 Å². The van der Waals surface area contributed by atoms with Gasteiger partial charge in [0.1, 0.15) is 5.75 Å². The van der Waals surface area contributed by atoms with Crippen molar-refractivity contribution in [2.24, 2.45) is 0 Å². The van der Waals surface area contributed by atoms with Crippen molar-refractivity contribution >= 4 is 39.6 Å². The van der Waals surface area contributed by atoms with Gasteiger partial charge in [0, 0.05) is 34.8 Å². The molecule has 8 nitrogen and oxygen atoms in total. The minimum absolute atomic E-state index is 0.0975. The van der Waals surface area contributed by atoms with Gasteiger partial charge in [0.25, 0.3) is 17.5 Å². The average Bonchev–Trinajstić information content (AvgIpc) is 3.20. The van der Waals surface area contributed by atoms with Gasteiger partial charge in [-0.05, 0) is 23.8 Å². The first-order valence-corrected chi connectivity index (χ1v) is 8.00. The highest BCUT2D eigenvalue weighted by Gasteiger charge is 2.33.